The Hall–Kier alpha value is -0.0300. The van der Waals surface area contributed by atoms with E-state index in [2.05, 4.69) is 10.9 Å². The predicted octanol–water partition coefficient (Wildman–Crippen LogP) is -0.483. The molecule has 0 aliphatic carbocycles. The Bertz CT molecular complexity index is 98.0. The Labute approximate surface area is 52.0 Å². The van der Waals surface area contributed by atoms with Crippen molar-refractivity contribution in [3.63, 3.8) is 0 Å². The van der Waals surface area contributed by atoms with Crippen molar-refractivity contribution >= 4 is 12.0 Å². The van der Waals surface area contributed by atoms with Gasteiger partial charge in [0.1, 0.15) is 11.8 Å². The molecule has 0 radical (unpaired) electrons. The molecule has 0 aromatic heterocycles. The first-order chi connectivity index (χ1) is 3.83. The third-order valence-electron chi connectivity index (χ3n) is 0.895. The molecule has 2 unspecified atom stereocenters. The zero-order valence-corrected chi connectivity index (χ0v) is 5.11. The van der Waals surface area contributed by atoms with Crippen molar-refractivity contribution in [2.75, 3.05) is 6.54 Å². The molecule has 0 saturated carbocycles. The monoisotopic (exact) mass is 133 g/mol. The van der Waals surface area contributed by atoms with Crippen LogP contribution in [0.25, 0.3) is 0 Å². The van der Waals surface area contributed by atoms with Gasteiger partial charge in [0.25, 0.3) is 0 Å². The normalized spacial score (nSPS) is 37.6. The molecule has 0 amide bonds. The fourth-order valence-corrected chi connectivity index (χ4v) is 1.05. The lowest BCUT2D eigenvalue weighted by Gasteiger charge is -2.06. The Kier molecular flexibility index (Phi) is 1.90. The molecule has 1 aliphatic rings. The molecular weight excluding hydrogens is 126 g/mol. The summed E-state index contributed by atoms with van der Waals surface area (Å²) in [6.07, 6.45) is 1.72. The highest BCUT2D eigenvalue weighted by molar-refractivity contribution is 7.95. The van der Waals surface area contributed by atoms with Crippen LogP contribution >= 0.6 is 12.0 Å². The molecule has 3 nitrogen and oxygen atoms in total. The Morgan fingerprint density at radius 3 is 3.00 bits per heavy atom. The Morgan fingerprint density at radius 1 is 2.00 bits per heavy atom. The lowest BCUT2D eigenvalue weighted by molar-refractivity contribution is -1.01. The zero-order chi connectivity index (χ0) is 5.98. The van der Waals surface area contributed by atoms with Gasteiger partial charge in [-0.25, -0.2) is 5.23 Å². The fraction of sp³-hybridized carbons (Fsp3) is 0.500. The van der Waals surface area contributed by atoms with Gasteiger partial charge in [0, 0.05) is 0 Å². The summed E-state index contributed by atoms with van der Waals surface area (Å²) in [6, 6.07) is 0. The highest BCUT2D eigenvalue weighted by Crippen LogP contribution is 2.12. The van der Waals surface area contributed by atoms with Crippen molar-refractivity contribution in [2.45, 2.75) is 5.25 Å². The van der Waals surface area contributed by atoms with Crippen molar-refractivity contribution in [3.8, 4) is 0 Å². The molecule has 0 bridgehead atoms. The lowest BCUT2D eigenvalue weighted by Crippen LogP contribution is -3.03. The van der Waals surface area contributed by atoms with Gasteiger partial charge >= 0.3 is 0 Å². The smallest absolute Gasteiger partial charge is 0.126 e. The third-order valence-corrected chi connectivity index (χ3v) is 1.78. The van der Waals surface area contributed by atoms with Gasteiger partial charge in [-0.2, -0.15) is 0 Å². The first-order valence-electron chi connectivity index (χ1n) is 2.31. The van der Waals surface area contributed by atoms with Crippen molar-refractivity contribution in [2.24, 2.45) is 0 Å². The van der Waals surface area contributed by atoms with Gasteiger partial charge in [-0.3, -0.25) is 0 Å². The molecule has 1 aliphatic heterocycles. The van der Waals surface area contributed by atoms with Gasteiger partial charge in [0.15, 0.2) is 0 Å². The molecule has 2 atom stereocenters. The Morgan fingerprint density at radius 2 is 2.75 bits per heavy atom. The summed E-state index contributed by atoms with van der Waals surface area (Å²) in [7, 11) is 0. The number of quaternary nitrogens is 1. The summed E-state index contributed by atoms with van der Waals surface area (Å²) in [4.78, 5) is 0. The molecule has 0 aromatic carbocycles. The maximum Gasteiger partial charge on any atom is 0.126 e. The minimum atomic E-state index is -0.139. The maximum absolute atomic E-state index is 10.3. The van der Waals surface area contributed by atoms with Gasteiger partial charge in [-0.15, -0.1) is 10.9 Å². The van der Waals surface area contributed by atoms with Crippen LogP contribution in [0.15, 0.2) is 12.7 Å². The van der Waals surface area contributed by atoms with Crippen LogP contribution in [0, 0.1) is 5.21 Å². The van der Waals surface area contributed by atoms with Crippen LogP contribution in [0.5, 0.6) is 0 Å². The molecule has 1 fully saturated rings. The van der Waals surface area contributed by atoms with Crippen molar-refractivity contribution in [3.05, 3.63) is 17.9 Å². The summed E-state index contributed by atoms with van der Waals surface area (Å²) in [6.45, 7) is 4.00. The molecule has 1 N–H and O–H groups in total. The molecule has 1 heterocycles. The summed E-state index contributed by atoms with van der Waals surface area (Å²) in [5.41, 5.74) is 0. The average Bonchev–Trinajstić information content (AvgIpc) is 2.14. The summed E-state index contributed by atoms with van der Waals surface area (Å²) < 4.78 is 4.56. The molecular formula is C4H7NO2S. The standard InChI is InChI=1S/C4H7NO2S/c1-2-4-3-5(6)7-8-4/h2,4-5H,1,3H2. The molecule has 1 saturated heterocycles. The minimum absolute atomic E-state index is 0.139. The number of hydroxylamine groups is 2. The van der Waals surface area contributed by atoms with E-state index in [-0.39, 0.29) is 10.5 Å². The fourth-order valence-electron chi connectivity index (χ4n) is 0.470. The van der Waals surface area contributed by atoms with Crippen LogP contribution in [0.3, 0.4) is 0 Å². The second kappa shape index (κ2) is 2.50. The van der Waals surface area contributed by atoms with Crippen LogP contribution in [0.4, 0.5) is 0 Å². The van der Waals surface area contributed by atoms with Crippen LogP contribution in [-0.2, 0) is 4.28 Å². The van der Waals surface area contributed by atoms with Gasteiger partial charge in [0.05, 0.1) is 12.0 Å². The van der Waals surface area contributed by atoms with Gasteiger partial charge < -0.3 is 5.21 Å². The zero-order valence-electron chi connectivity index (χ0n) is 4.29. The van der Waals surface area contributed by atoms with Crippen LogP contribution in [0.1, 0.15) is 0 Å². The van der Waals surface area contributed by atoms with Crippen LogP contribution in [0.2, 0.25) is 0 Å². The lowest BCUT2D eigenvalue weighted by atomic mass is 10.4. The molecule has 0 spiro atoms. The summed E-state index contributed by atoms with van der Waals surface area (Å²) in [5.74, 6) is 0. The van der Waals surface area contributed by atoms with E-state index in [4.69, 9.17) is 0 Å². The van der Waals surface area contributed by atoms with Crippen molar-refractivity contribution < 1.29 is 9.51 Å². The third kappa shape index (κ3) is 1.23. The number of rotatable bonds is 1. The van der Waals surface area contributed by atoms with Crippen LogP contribution < -0.4 is 5.23 Å². The van der Waals surface area contributed by atoms with E-state index in [0.717, 1.165) is 0 Å². The van der Waals surface area contributed by atoms with Crippen LogP contribution in [-0.4, -0.2) is 11.8 Å². The molecule has 0 aromatic rings. The van der Waals surface area contributed by atoms with E-state index >= 15 is 0 Å². The topological polar surface area (TPSA) is 36.7 Å². The van der Waals surface area contributed by atoms with E-state index in [0.29, 0.717) is 6.54 Å². The largest absolute Gasteiger partial charge is 0.599 e. The number of hydrogen-bond acceptors (Lipinski definition) is 3. The molecule has 4 heteroatoms. The number of nitrogens with one attached hydrogen (secondary N) is 1. The SMILES string of the molecule is C=CC1C[NH+]([O-])OS1. The van der Waals surface area contributed by atoms with E-state index < -0.39 is 0 Å². The van der Waals surface area contributed by atoms with Crippen molar-refractivity contribution in [1.82, 2.24) is 0 Å². The van der Waals surface area contributed by atoms with E-state index in [1.54, 1.807) is 6.08 Å². The molecule has 1 rings (SSSR count). The summed E-state index contributed by atoms with van der Waals surface area (Å²) >= 11 is 1.18. The second-order valence-corrected chi connectivity index (χ2v) is 2.49. The van der Waals surface area contributed by atoms with E-state index in [1.165, 1.54) is 12.0 Å². The predicted molar refractivity (Wildman–Crippen MR) is 31.9 cm³/mol. The maximum atomic E-state index is 10.3. The number of hydrogen-bond donors (Lipinski definition) is 1. The second-order valence-electron chi connectivity index (χ2n) is 1.53. The van der Waals surface area contributed by atoms with E-state index in [1.807, 2.05) is 0 Å². The average molecular weight is 133 g/mol. The highest BCUT2D eigenvalue weighted by Gasteiger charge is 2.20. The minimum Gasteiger partial charge on any atom is -0.599 e. The molecule has 46 valence electrons. The van der Waals surface area contributed by atoms with E-state index in [9.17, 15) is 5.21 Å². The molecule has 8 heavy (non-hydrogen) atoms. The first kappa shape index (κ1) is 6.10. The quantitative estimate of drug-likeness (QED) is 0.298. The first-order valence-corrected chi connectivity index (χ1v) is 3.12. The van der Waals surface area contributed by atoms with Crippen molar-refractivity contribution in [1.29, 1.82) is 0 Å². The van der Waals surface area contributed by atoms with Gasteiger partial charge in [0.2, 0.25) is 0 Å². The van der Waals surface area contributed by atoms with Gasteiger partial charge in [-0.05, 0) is 0 Å². The Balaban J connectivity index is 2.32. The highest BCUT2D eigenvalue weighted by atomic mass is 32.2. The summed E-state index contributed by atoms with van der Waals surface area (Å²) in [5, 5.41) is 10.4. The van der Waals surface area contributed by atoms with Gasteiger partial charge in [-0.1, -0.05) is 6.08 Å².